The molecule has 0 aromatic heterocycles. The van der Waals surface area contributed by atoms with Crippen LogP contribution in [0.1, 0.15) is 31.4 Å². The van der Waals surface area contributed by atoms with E-state index in [9.17, 15) is 14.0 Å². The van der Waals surface area contributed by atoms with E-state index in [0.717, 1.165) is 11.1 Å². The van der Waals surface area contributed by atoms with Crippen molar-refractivity contribution in [1.29, 1.82) is 0 Å². The van der Waals surface area contributed by atoms with Crippen LogP contribution in [0.5, 0.6) is 0 Å². The number of hydrogen-bond acceptors (Lipinski definition) is 2. The number of rotatable bonds is 8. The number of amides is 2. The fourth-order valence-corrected chi connectivity index (χ4v) is 2.87. The number of carbonyl (C=O) groups is 2. The molecule has 1 atom stereocenters. The largest absolute Gasteiger partial charge is 0.355 e. The summed E-state index contributed by atoms with van der Waals surface area (Å²) >= 11 is 0. The highest BCUT2D eigenvalue weighted by Gasteiger charge is 2.28. The molecular formula is C21H25FN2O2. The molecule has 0 heterocycles. The van der Waals surface area contributed by atoms with Gasteiger partial charge in [0.1, 0.15) is 11.9 Å². The van der Waals surface area contributed by atoms with E-state index >= 15 is 0 Å². The van der Waals surface area contributed by atoms with E-state index in [2.05, 4.69) is 5.32 Å². The molecule has 0 bridgehead atoms. The van der Waals surface area contributed by atoms with Crippen LogP contribution in [-0.4, -0.2) is 29.3 Å². The molecular weight excluding hydrogens is 331 g/mol. The predicted octanol–water partition coefficient (Wildman–Crippen LogP) is 3.31. The molecule has 0 fully saturated rings. The molecule has 138 valence electrons. The Morgan fingerprint density at radius 2 is 1.65 bits per heavy atom. The third-order valence-electron chi connectivity index (χ3n) is 4.20. The maximum Gasteiger partial charge on any atom is 0.242 e. The molecule has 2 rings (SSSR count). The molecule has 0 aliphatic rings. The minimum atomic E-state index is -0.539. The second-order valence-electron chi connectivity index (χ2n) is 6.13. The lowest BCUT2D eigenvalue weighted by Crippen LogP contribution is -2.49. The molecule has 2 amide bonds. The molecule has 1 unspecified atom stereocenters. The van der Waals surface area contributed by atoms with Gasteiger partial charge >= 0.3 is 0 Å². The van der Waals surface area contributed by atoms with Crippen molar-refractivity contribution in [2.24, 2.45) is 0 Å². The summed E-state index contributed by atoms with van der Waals surface area (Å²) in [5.74, 6) is -0.645. The minimum absolute atomic E-state index is 0.128. The van der Waals surface area contributed by atoms with Gasteiger partial charge in [-0.2, -0.15) is 0 Å². The van der Waals surface area contributed by atoms with Gasteiger partial charge in [-0.25, -0.2) is 4.39 Å². The summed E-state index contributed by atoms with van der Waals surface area (Å²) < 4.78 is 13.1. The molecule has 5 heteroatoms. The first kappa shape index (κ1) is 19.6. The van der Waals surface area contributed by atoms with Crippen LogP contribution in [0.3, 0.4) is 0 Å². The first-order chi connectivity index (χ1) is 12.5. The summed E-state index contributed by atoms with van der Waals surface area (Å²) in [5, 5.41) is 2.81. The molecule has 0 saturated heterocycles. The number of nitrogens with one attached hydrogen (secondary N) is 1. The van der Waals surface area contributed by atoms with Gasteiger partial charge in [0.15, 0.2) is 0 Å². The lowest BCUT2D eigenvalue weighted by molar-refractivity contribution is -0.140. The predicted molar refractivity (Wildman–Crippen MR) is 99.9 cm³/mol. The second kappa shape index (κ2) is 9.70. The first-order valence-electron chi connectivity index (χ1n) is 8.90. The molecule has 2 aromatic carbocycles. The molecule has 26 heavy (non-hydrogen) atoms. The zero-order chi connectivity index (χ0) is 18.9. The van der Waals surface area contributed by atoms with E-state index in [0.29, 0.717) is 19.5 Å². The Labute approximate surface area is 154 Å². The fourth-order valence-electron chi connectivity index (χ4n) is 2.87. The highest BCUT2D eigenvalue weighted by Crippen LogP contribution is 2.15. The van der Waals surface area contributed by atoms with E-state index in [-0.39, 0.29) is 24.1 Å². The summed E-state index contributed by atoms with van der Waals surface area (Å²) in [6.45, 7) is 4.62. The maximum atomic E-state index is 13.1. The van der Waals surface area contributed by atoms with E-state index in [1.165, 1.54) is 12.1 Å². The Morgan fingerprint density at radius 3 is 2.23 bits per heavy atom. The Bertz CT molecular complexity index is 717. The van der Waals surface area contributed by atoms with Gasteiger partial charge in [0.25, 0.3) is 0 Å². The standard InChI is InChI=1S/C21H25FN2O2/c1-3-19(21(26)23-4-2)24(15-17-8-6-5-7-9-17)20(25)14-16-10-12-18(22)13-11-16/h5-13,19H,3-4,14-15H2,1-2H3,(H,23,26). The number of hydrogen-bond donors (Lipinski definition) is 1. The van der Waals surface area contributed by atoms with Crippen LogP contribution < -0.4 is 5.32 Å². The molecule has 0 radical (unpaired) electrons. The molecule has 0 spiro atoms. The van der Waals surface area contributed by atoms with Crippen LogP contribution in [0.4, 0.5) is 4.39 Å². The number of halogens is 1. The number of nitrogens with zero attached hydrogens (tertiary/aromatic N) is 1. The number of likely N-dealkylation sites (N-methyl/N-ethyl adjacent to an activating group) is 1. The van der Waals surface area contributed by atoms with Gasteiger partial charge in [-0.1, -0.05) is 49.4 Å². The number of benzene rings is 2. The topological polar surface area (TPSA) is 49.4 Å². The quantitative estimate of drug-likeness (QED) is 0.789. The van der Waals surface area contributed by atoms with Gasteiger partial charge in [-0.3, -0.25) is 9.59 Å². The summed E-state index contributed by atoms with van der Waals surface area (Å²) in [6, 6.07) is 14.9. The van der Waals surface area contributed by atoms with Crippen LogP contribution in [0.15, 0.2) is 54.6 Å². The third-order valence-corrected chi connectivity index (χ3v) is 4.20. The first-order valence-corrected chi connectivity index (χ1v) is 8.90. The second-order valence-corrected chi connectivity index (χ2v) is 6.13. The van der Waals surface area contributed by atoms with Gasteiger partial charge in [-0.05, 0) is 36.6 Å². The Morgan fingerprint density at radius 1 is 1.00 bits per heavy atom. The van der Waals surface area contributed by atoms with Gasteiger partial charge < -0.3 is 10.2 Å². The van der Waals surface area contributed by atoms with Crippen molar-refractivity contribution in [2.45, 2.75) is 39.3 Å². The van der Waals surface area contributed by atoms with Crippen molar-refractivity contribution < 1.29 is 14.0 Å². The summed E-state index contributed by atoms with van der Waals surface area (Å²) in [5.41, 5.74) is 1.68. The Kier molecular flexibility index (Phi) is 7.33. The Hall–Kier alpha value is -2.69. The lowest BCUT2D eigenvalue weighted by atomic mass is 10.1. The zero-order valence-electron chi connectivity index (χ0n) is 15.2. The van der Waals surface area contributed by atoms with Crippen LogP contribution in [-0.2, 0) is 22.6 Å². The SMILES string of the molecule is CCNC(=O)C(CC)N(Cc1ccccc1)C(=O)Cc1ccc(F)cc1. The van der Waals surface area contributed by atoms with Crippen molar-refractivity contribution in [2.75, 3.05) is 6.54 Å². The van der Waals surface area contributed by atoms with Crippen molar-refractivity contribution in [1.82, 2.24) is 10.2 Å². The van der Waals surface area contributed by atoms with Crippen molar-refractivity contribution in [3.8, 4) is 0 Å². The van der Waals surface area contributed by atoms with E-state index in [4.69, 9.17) is 0 Å². The van der Waals surface area contributed by atoms with Crippen LogP contribution in [0.2, 0.25) is 0 Å². The van der Waals surface area contributed by atoms with E-state index in [1.54, 1.807) is 17.0 Å². The average molecular weight is 356 g/mol. The van der Waals surface area contributed by atoms with Crippen molar-refractivity contribution in [3.05, 3.63) is 71.5 Å². The molecule has 2 aromatic rings. The lowest BCUT2D eigenvalue weighted by Gasteiger charge is -2.30. The van der Waals surface area contributed by atoms with Crippen LogP contribution in [0.25, 0.3) is 0 Å². The van der Waals surface area contributed by atoms with Crippen molar-refractivity contribution in [3.63, 3.8) is 0 Å². The summed E-state index contributed by atoms with van der Waals surface area (Å²) in [4.78, 5) is 27.0. The van der Waals surface area contributed by atoms with E-state index in [1.807, 2.05) is 44.2 Å². The normalized spacial score (nSPS) is 11.7. The maximum absolute atomic E-state index is 13.1. The molecule has 1 N–H and O–H groups in total. The summed E-state index contributed by atoms with van der Waals surface area (Å²) in [6.07, 6.45) is 0.650. The molecule has 0 aliphatic carbocycles. The Balaban J connectivity index is 2.24. The zero-order valence-corrected chi connectivity index (χ0v) is 15.2. The van der Waals surface area contributed by atoms with Crippen LogP contribution in [0, 0.1) is 5.82 Å². The van der Waals surface area contributed by atoms with Gasteiger partial charge in [0.2, 0.25) is 11.8 Å². The molecule has 4 nitrogen and oxygen atoms in total. The van der Waals surface area contributed by atoms with Gasteiger partial charge in [0.05, 0.1) is 6.42 Å². The van der Waals surface area contributed by atoms with Gasteiger partial charge in [0, 0.05) is 13.1 Å². The highest BCUT2D eigenvalue weighted by atomic mass is 19.1. The smallest absolute Gasteiger partial charge is 0.242 e. The third kappa shape index (κ3) is 5.41. The fraction of sp³-hybridized carbons (Fsp3) is 0.333. The number of carbonyl (C=O) groups excluding carboxylic acids is 2. The van der Waals surface area contributed by atoms with Crippen LogP contribution >= 0.6 is 0 Å². The molecule has 0 saturated carbocycles. The average Bonchev–Trinajstić information content (AvgIpc) is 2.64. The highest BCUT2D eigenvalue weighted by molar-refractivity contribution is 5.88. The molecule has 0 aliphatic heterocycles. The van der Waals surface area contributed by atoms with Crippen molar-refractivity contribution >= 4 is 11.8 Å². The minimum Gasteiger partial charge on any atom is -0.355 e. The summed E-state index contributed by atoms with van der Waals surface area (Å²) in [7, 11) is 0. The van der Waals surface area contributed by atoms with E-state index < -0.39 is 6.04 Å². The van der Waals surface area contributed by atoms with Gasteiger partial charge in [-0.15, -0.1) is 0 Å². The monoisotopic (exact) mass is 356 g/mol.